The van der Waals surface area contributed by atoms with Crippen molar-refractivity contribution in [1.82, 2.24) is 0 Å². The second kappa shape index (κ2) is 3.04. The van der Waals surface area contributed by atoms with Crippen LogP contribution in [0.5, 0.6) is 0 Å². The molecule has 1 N–H and O–H groups in total. The lowest BCUT2D eigenvalue weighted by Gasteiger charge is -2.36. The maximum Gasteiger partial charge on any atom is 0.0656 e. The third kappa shape index (κ3) is 1.11. The van der Waals surface area contributed by atoms with E-state index in [9.17, 15) is 5.11 Å². The van der Waals surface area contributed by atoms with Gasteiger partial charge in [0.25, 0.3) is 0 Å². The molecule has 0 saturated heterocycles. The fourth-order valence-corrected chi connectivity index (χ4v) is 5.57. The van der Waals surface area contributed by atoms with Gasteiger partial charge in [0.2, 0.25) is 0 Å². The van der Waals surface area contributed by atoms with Crippen molar-refractivity contribution in [3.05, 3.63) is 0 Å². The number of rotatable bonds is 1. The summed E-state index contributed by atoms with van der Waals surface area (Å²) in [5.41, 5.74) is 0.201. The Labute approximate surface area is 99.6 Å². The van der Waals surface area contributed by atoms with E-state index in [-0.39, 0.29) is 5.60 Å². The Balaban J connectivity index is 1.92. The minimum Gasteiger partial charge on any atom is -0.390 e. The summed E-state index contributed by atoms with van der Waals surface area (Å²) in [6, 6.07) is 0. The molecule has 0 radical (unpaired) electrons. The second-order valence-corrected chi connectivity index (χ2v) is 7.36. The van der Waals surface area contributed by atoms with Crippen molar-refractivity contribution in [2.45, 2.75) is 59.0 Å². The molecule has 0 heterocycles. The number of hydrogen-bond acceptors (Lipinski definition) is 1. The van der Waals surface area contributed by atoms with E-state index in [0.717, 1.165) is 30.1 Å². The maximum atomic E-state index is 10.5. The van der Waals surface area contributed by atoms with E-state index in [2.05, 4.69) is 27.7 Å². The van der Waals surface area contributed by atoms with Crippen LogP contribution in [0.25, 0.3) is 0 Å². The first-order chi connectivity index (χ1) is 7.41. The van der Waals surface area contributed by atoms with Gasteiger partial charge in [0.1, 0.15) is 0 Å². The van der Waals surface area contributed by atoms with Gasteiger partial charge in [-0.15, -0.1) is 0 Å². The molecule has 92 valence electrons. The van der Waals surface area contributed by atoms with Crippen LogP contribution in [0.1, 0.15) is 53.4 Å². The molecule has 0 bridgehead atoms. The van der Waals surface area contributed by atoms with Gasteiger partial charge >= 0.3 is 0 Å². The summed E-state index contributed by atoms with van der Waals surface area (Å²) in [5.74, 6) is 4.01. The Hall–Kier alpha value is -0.0400. The first kappa shape index (κ1) is 11.1. The smallest absolute Gasteiger partial charge is 0.0656 e. The molecule has 6 atom stereocenters. The van der Waals surface area contributed by atoms with Gasteiger partial charge in [0, 0.05) is 0 Å². The average molecular weight is 222 g/mol. The predicted octanol–water partition coefficient (Wildman–Crippen LogP) is 3.47. The highest BCUT2D eigenvalue weighted by Gasteiger charge is 2.77. The van der Waals surface area contributed by atoms with Crippen molar-refractivity contribution in [1.29, 1.82) is 0 Å². The highest BCUT2D eigenvalue weighted by atomic mass is 16.3. The summed E-state index contributed by atoms with van der Waals surface area (Å²) < 4.78 is 0. The summed E-state index contributed by atoms with van der Waals surface area (Å²) in [7, 11) is 0. The van der Waals surface area contributed by atoms with Crippen LogP contribution in [-0.4, -0.2) is 10.7 Å². The van der Waals surface area contributed by atoms with Gasteiger partial charge in [-0.2, -0.15) is 0 Å². The van der Waals surface area contributed by atoms with Gasteiger partial charge in [-0.3, -0.25) is 0 Å². The molecule has 3 fully saturated rings. The van der Waals surface area contributed by atoms with Crippen LogP contribution in [0.2, 0.25) is 0 Å². The molecule has 0 amide bonds. The van der Waals surface area contributed by atoms with Crippen molar-refractivity contribution in [3.8, 4) is 0 Å². The monoisotopic (exact) mass is 222 g/mol. The first-order valence-electron chi connectivity index (χ1n) is 7.13. The summed E-state index contributed by atoms with van der Waals surface area (Å²) in [5, 5.41) is 10.5. The number of fused-ring (bicyclic) bond motifs is 1. The standard InChI is InChI=1S/C15H26O/c1-9(2)11-6-5-10(3)15-8-7-14(4,16)13(15)12(11)15/h9-13,16H,5-8H2,1-4H3/t10?,11?,12?,13?,14-,15?/m0/s1. The third-order valence-electron chi connectivity index (χ3n) is 6.35. The molecule has 3 saturated carbocycles. The molecule has 0 aromatic rings. The van der Waals surface area contributed by atoms with Crippen molar-refractivity contribution in [2.75, 3.05) is 0 Å². The van der Waals surface area contributed by atoms with E-state index in [0.29, 0.717) is 11.3 Å². The van der Waals surface area contributed by atoms with Crippen LogP contribution in [0, 0.1) is 35.0 Å². The van der Waals surface area contributed by atoms with Gasteiger partial charge in [0.15, 0.2) is 0 Å². The molecule has 0 aromatic heterocycles. The molecule has 1 heteroatoms. The third-order valence-corrected chi connectivity index (χ3v) is 6.35. The van der Waals surface area contributed by atoms with E-state index in [1.165, 1.54) is 19.3 Å². The Kier molecular flexibility index (Phi) is 2.11. The van der Waals surface area contributed by atoms with Gasteiger partial charge < -0.3 is 5.11 Å². The lowest BCUT2D eigenvalue weighted by molar-refractivity contribution is 0.0291. The number of hydrogen-bond donors (Lipinski definition) is 1. The zero-order valence-corrected chi connectivity index (χ0v) is 11.2. The molecule has 3 aliphatic rings. The topological polar surface area (TPSA) is 20.2 Å². The molecular weight excluding hydrogens is 196 g/mol. The molecule has 1 nitrogen and oxygen atoms in total. The summed E-state index contributed by atoms with van der Waals surface area (Å²) in [6.07, 6.45) is 5.13. The highest BCUT2D eigenvalue weighted by molar-refractivity contribution is 5.26. The molecule has 0 aromatic carbocycles. The van der Waals surface area contributed by atoms with E-state index in [1.807, 2.05) is 0 Å². The van der Waals surface area contributed by atoms with Gasteiger partial charge in [-0.05, 0) is 67.6 Å². The maximum absolute atomic E-state index is 10.5. The quantitative estimate of drug-likeness (QED) is 0.720. The molecular formula is C15H26O. The fraction of sp³-hybridized carbons (Fsp3) is 1.00. The van der Waals surface area contributed by atoms with Crippen molar-refractivity contribution in [2.24, 2.45) is 35.0 Å². The van der Waals surface area contributed by atoms with E-state index < -0.39 is 0 Å². The van der Waals surface area contributed by atoms with Crippen LogP contribution >= 0.6 is 0 Å². The average Bonchev–Trinajstić information content (AvgIpc) is 2.79. The minimum absolute atomic E-state index is 0.351. The van der Waals surface area contributed by atoms with Gasteiger partial charge in [0.05, 0.1) is 5.60 Å². The second-order valence-electron chi connectivity index (χ2n) is 7.36. The van der Waals surface area contributed by atoms with Crippen LogP contribution in [0.3, 0.4) is 0 Å². The Morgan fingerprint density at radius 1 is 1.19 bits per heavy atom. The van der Waals surface area contributed by atoms with Crippen molar-refractivity contribution in [3.63, 3.8) is 0 Å². The SMILES string of the molecule is CC(C)C1CCC(C)C23CC[C@](C)(O)C2C13. The van der Waals surface area contributed by atoms with E-state index >= 15 is 0 Å². The lowest BCUT2D eigenvalue weighted by atomic mass is 9.69. The van der Waals surface area contributed by atoms with Crippen LogP contribution in [0.15, 0.2) is 0 Å². The molecule has 1 spiro atoms. The molecule has 3 aliphatic carbocycles. The lowest BCUT2D eigenvalue weighted by Crippen LogP contribution is -2.30. The summed E-state index contributed by atoms with van der Waals surface area (Å²) in [4.78, 5) is 0. The van der Waals surface area contributed by atoms with Gasteiger partial charge in [-0.1, -0.05) is 20.8 Å². The van der Waals surface area contributed by atoms with Crippen LogP contribution in [-0.2, 0) is 0 Å². The minimum atomic E-state index is -0.351. The Morgan fingerprint density at radius 2 is 1.88 bits per heavy atom. The van der Waals surface area contributed by atoms with E-state index in [1.54, 1.807) is 0 Å². The largest absolute Gasteiger partial charge is 0.390 e. The summed E-state index contributed by atoms with van der Waals surface area (Å²) >= 11 is 0. The fourth-order valence-electron chi connectivity index (χ4n) is 5.57. The van der Waals surface area contributed by atoms with Crippen LogP contribution < -0.4 is 0 Å². The van der Waals surface area contributed by atoms with Crippen molar-refractivity contribution >= 4 is 0 Å². The molecule has 5 unspecified atom stereocenters. The normalized spacial score (nSPS) is 59.6. The Morgan fingerprint density at radius 3 is 2.50 bits per heavy atom. The van der Waals surface area contributed by atoms with Crippen LogP contribution in [0.4, 0.5) is 0 Å². The Bertz CT molecular complexity index is 307. The van der Waals surface area contributed by atoms with Gasteiger partial charge in [-0.25, -0.2) is 0 Å². The molecule has 0 aliphatic heterocycles. The molecule has 16 heavy (non-hydrogen) atoms. The molecule has 3 rings (SSSR count). The highest BCUT2D eigenvalue weighted by Crippen LogP contribution is 2.80. The van der Waals surface area contributed by atoms with E-state index in [4.69, 9.17) is 0 Å². The summed E-state index contributed by atoms with van der Waals surface area (Å²) in [6.45, 7) is 9.27. The first-order valence-corrected chi connectivity index (χ1v) is 7.13. The number of aliphatic hydroxyl groups is 1. The van der Waals surface area contributed by atoms with Crippen molar-refractivity contribution < 1.29 is 5.11 Å². The zero-order chi connectivity index (χ0) is 11.7. The predicted molar refractivity (Wildman–Crippen MR) is 66.0 cm³/mol. The zero-order valence-electron chi connectivity index (χ0n) is 11.2.